The van der Waals surface area contributed by atoms with E-state index in [1.807, 2.05) is 66.0 Å². The number of thiophene rings is 1. The van der Waals surface area contributed by atoms with Crippen LogP contribution in [0, 0.1) is 17.6 Å². The summed E-state index contributed by atoms with van der Waals surface area (Å²) in [6.07, 6.45) is 0. The van der Waals surface area contributed by atoms with Crippen molar-refractivity contribution in [2.75, 3.05) is 0 Å². The monoisotopic (exact) mass is 567 g/mol. The van der Waals surface area contributed by atoms with Crippen molar-refractivity contribution in [3.8, 4) is 0 Å². The molecule has 4 aromatic carbocycles. The first-order valence-electron chi connectivity index (χ1n) is 13.2. The Morgan fingerprint density at radius 1 is 0.725 bits per heavy atom. The highest BCUT2D eigenvalue weighted by Gasteiger charge is 2.51. The Hall–Kier alpha value is -3.66. The van der Waals surface area contributed by atoms with Crippen molar-refractivity contribution in [3.63, 3.8) is 0 Å². The summed E-state index contributed by atoms with van der Waals surface area (Å²) in [6, 6.07) is 35.8. The zero-order chi connectivity index (χ0) is 27.7. The molecule has 5 aromatic rings. The van der Waals surface area contributed by atoms with Crippen LogP contribution in [0.2, 0.25) is 0 Å². The van der Waals surface area contributed by atoms with Gasteiger partial charge in [0.25, 0.3) is 0 Å². The first-order valence-corrected chi connectivity index (χ1v) is 15.5. The lowest BCUT2D eigenvalue weighted by Gasteiger charge is -2.36. The van der Waals surface area contributed by atoms with Crippen molar-refractivity contribution in [3.05, 3.63) is 148 Å². The highest BCUT2D eigenvalue weighted by Crippen LogP contribution is 2.47. The standard InChI is InChI=1S/C34H28F2NOPS/c1-23(2)32-34(24-9-5-3-6-10-24,25-11-7-4-8-12-25)38-33(37-32)31-30(21-22-40-31)39(28-17-13-26(35)14-18-28)29-19-15-27(36)16-20-29/h3-23,32H,1-2H3/t32-/m0/s1. The van der Waals surface area contributed by atoms with Crippen LogP contribution in [0.1, 0.15) is 29.9 Å². The zero-order valence-electron chi connectivity index (χ0n) is 22.2. The number of halogens is 2. The number of rotatable bonds is 7. The lowest BCUT2D eigenvalue weighted by molar-refractivity contribution is 0.0818. The lowest BCUT2D eigenvalue weighted by Crippen LogP contribution is -2.41. The van der Waals surface area contributed by atoms with E-state index in [2.05, 4.69) is 44.2 Å². The molecule has 0 fully saturated rings. The van der Waals surface area contributed by atoms with Crippen LogP contribution in [0.25, 0.3) is 0 Å². The van der Waals surface area contributed by atoms with Crippen LogP contribution in [-0.2, 0) is 10.3 Å². The van der Waals surface area contributed by atoms with Gasteiger partial charge in [-0.05, 0) is 60.2 Å². The first-order chi connectivity index (χ1) is 19.5. The topological polar surface area (TPSA) is 21.6 Å². The molecule has 40 heavy (non-hydrogen) atoms. The second-order valence-electron chi connectivity index (χ2n) is 10.1. The summed E-state index contributed by atoms with van der Waals surface area (Å²) in [7, 11) is -1.12. The Kier molecular flexibility index (Phi) is 7.35. The Morgan fingerprint density at radius 2 is 1.23 bits per heavy atom. The summed E-state index contributed by atoms with van der Waals surface area (Å²) in [5.41, 5.74) is 1.31. The number of hydrogen-bond acceptors (Lipinski definition) is 3. The van der Waals surface area contributed by atoms with Crippen LogP contribution < -0.4 is 15.9 Å². The molecule has 1 aliphatic heterocycles. The van der Waals surface area contributed by atoms with Crippen LogP contribution in [0.3, 0.4) is 0 Å². The fourth-order valence-corrected chi connectivity index (χ4v) is 8.95. The van der Waals surface area contributed by atoms with Crippen molar-refractivity contribution in [2.24, 2.45) is 10.9 Å². The molecule has 0 N–H and O–H groups in total. The molecule has 0 amide bonds. The number of aliphatic imine (C=N–C) groups is 1. The molecule has 0 saturated heterocycles. The molecule has 1 aliphatic rings. The molecule has 200 valence electrons. The van der Waals surface area contributed by atoms with Gasteiger partial charge in [-0.15, -0.1) is 11.3 Å². The van der Waals surface area contributed by atoms with Crippen molar-refractivity contribution >= 4 is 41.1 Å². The van der Waals surface area contributed by atoms with Crippen LogP contribution in [0.4, 0.5) is 8.78 Å². The van der Waals surface area contributed by atoms with E-state index in [1.54, 1.807) is 11.3 Å². The quantitative estimate of drug-likeness (QED) is 0.186. The minimum Gasteiger partial charge on any atom is -0.458 e. The summed E-state index contributed by atoms with van der Waals surface area (Å²) in [5, 5.41) is 5.04. The molecule has 0 radical (unpaired) electrons. The minimum absolute atomic E-state index is 0.162. The van der Waals surface area contributed by atoms with Crippen molar-refractivity contribution in [1.82, 2.24) is 0 Å². The van der Waals surface area contributed by atoms with Gasteiger partial charge in [-0.25, -0.2) is 13.8 Å². The predicted octanol–water partition coefficient (Wildman–Crippen LogP) is 7.53. The zero-order valence-corrected chi connectivity index (χ0v) is 23.9. The maximum Gasteiger partial charge on any atom is 0.228 e. The molecule has 0 saturated carbocycles. The third kappa shape index (κ3) is 4.78. The molecule has 0 bridgehead atoms. The van der Waals surface area contributed by atoms with E-state index in [1.165, 1.54) is 24.3 Å². The molecule has 6 rings (SSSR count). The van der Waals surface area contributed by atoms with Crippen LogP contribution in [-0.4, -0.2) is 11.9 Å². The second-order valence-corrected chi connectivity index (χ2v) is 13.2. The smallest absolute Gasteiger partial charge is 0.228 e. The van der Waals surface area contributed by atoms with Crippen molar-refractivity contribution in [2.45, 2.75) is 25.5 Å². The van der Waals surface area contributed by atoms with Crippen LogP contribution in [0.15, 0.2) is 126 Å². The molecular formula is C34H28F2NOPS. The molecule has 2 heterocycles. The molecule has 1 aromatic heterocycles. The van der Waals surface area contributed by atoms with Gasteiger partial charge in [0.05, 0.1) is 4.88 Å². The average molecular weight is 568 g/mol. The summed E-state index contributed by atoms with van der Waals surface area (Å²) in [4.78, 5) is 6.23. The number of nitrogens with zero attached hydrogens (tertiary/aromatic N) is 1. The third-order valence-electron chi connectivity index (χ3n) is 7.22. The van der Waals surface area contributed by atoms with Crippen molar-refractivity contribution < 1.29 is 13.5 Å². The Balaban J connectivity index is 1.51. The predicted molar refractivity (Wildman–Crippen MR) is 163 cm³/mol. The minimum atomic E-state index is -1.12. The van der Waals surface area contributed by atoms with Gasteiger partial charge in [0.1, 0.15) is 17.7 Å². The molecule has 0 unspecified atom stereocenters. The second kappa shape index (κ2) is 11.1. The average Bonchev–Trinajstić information content (AvgIpc) is 3.62. The van der Waals surface area contributed by atoms with E-state index < -0.39 is 13.5 Å². The molecule has 0 spiro atoms. The Labute approximate surface area is 238 Å². The summed E-state index contributed by atoms with van der Waals surface area (Å²) in [5.74, 6) is 0.217. The normalized spacial score (nSPS) is 16.2. The van der Waals surface area contributed by atoms with Gasteiger partial charge >= 0.3 is 0 Å². The summed E-state index contributed by atoms with van der Waals surface area (Å²) >= 11 is 1.59. The Morgan fingerprint density at radius 3 is 1.70 bits per heavy atom. The van der Waals surface area contributed by atoms with Gasteiger partial charge < -0.3 is 4.74 Å². The van der Waals surface area contributed by atoms with Gasteiger partial charge in [-0.3, -0.25) is 0 Å². The van der Waals surface area contributed by atoms with Crippen molar-refractivity contribution in [1.29, 1.82) is 0 Å². The first kappa shape index (κ1) is 26.6. The summed E-state index contributed by atoms with van der Waals surface area (Å²) in [6.45, 7) is 4.36. The largest absolute Gasteiger partial charge is 0.458 e. The Bertz CT molecular complexity index is 1530. The molecule has 1 atom stereocenters. The number of benzene rings is 4. The number of hydrogen-bond donors (Lipinski definition) is 0. The van der Waals surface area contributed by atoms with E-state index in [4.69, 9.17) is 9.73 Å². The van der Waals surface area contributed by atoms with Crippen LogP contribution in [0.5, 0.6) is 0 Å². The van der Waals surface area contributed by atoms with E-state index in [9.17, 15) is 8.78 Å². The molecule has 6 heteroatoms. The molecular weight excluding hydrogens is 539 g/mol. The fourth-order valence-electron chi connectivity index (χ4n) is 5.42. The van der Waals surface area contributed by atoms with Gasteiger partial charge in [0, 0.05) is 16.4 Å². The number of ether oxygens (including phenoxy) is 1. The van der Waals surface area contributed by atoms with E-state index in [0.29, 0.717) is 5.90 Å². The van der Waals surface area contributed by atoms with E-state index >= 15 is 0 Å². The molecule has 2 nitrogen and oxygen atoms in total. The summed E-state index contributed by atoms with van der Waals surface area (Å²) < 4.78 is 34.9. The third-order valence-corrected chi connectivity index (χ3v) is 10.8. The van der Waals surface area contributed by atoms with Gasteiger partial charge in [0.15, 0.2) is 5.60 Å². The maximum absolute atomic E-state index is 13.9. The van der Waals surface area contributed by atoms with E-state index in [-0.39, 0.29) is 23.6 Å². The van der Waals surface area contributed by atoms with E-state index in [0.717, 1.165) is 31.9 Å². The van der Waals surface area contributed by atoms with Crippen LogP contribution >= 0.6 is 19.3 Å². The highest BCUT2D eigenvalue weighted by molar-refractivity contribution is 7.80. The van der Waals surface area contributed by atoms with Gasteiger partial charge in [-0.2, -0.15) is 0 Å². The highest BCUT2D eigenvalue weighted by atomic mass is 32.1. The van der Waals surface area contributed by atoms with Gasteiger partial charge in [0.2, 0.25) is 5.90 Å². The lowest BCUT2D eigenvalue weighted by atomic mass is 9.76. The maximum atomic E-state index is 13.9. The molecule has 0 aliphatic carbocycles. The van der Waals surface area contributed by atoms with Gasteiger partial charge in [-0.1, -0.05) is 98.8 Å². The fraction of sp³-hybridized carbons (Fsp3) is 0.147. The SMILES string of the molecule is CC(C)[C@@H]1N=C(c2sccc2P(c2ccc(F)cc2)c2ccc(F)cc2)OC1(c1ccccc1)c1ccccc1.